The van der Waals surface area contributed by atoms with E-state index in [1.54, 1.807) is 6.33 Å². The van der Waals surface area contributed by atoms with Crippen molar-refractivity contribution in [2.45, 2.75) is 39.7 Å². The molecule has 2 atom stereocenters. The van der Waals surface area contributed by atoms with E-state index in [0.29, 0.717) is 6.04 Å². The molecule has 0 amide bonds. The first-order valence-electron chi connectivity index (χ1n) is 5.35. The maximum atomic E-state index is 4.22. The second kappa shape index (κ2) is 6.25. The second-order valence-corrected chi connectivity index (χ2v) is 5.18. The molecule has 0 saturated heterocycles. The highest BCUT2D eigenvalue weighted by Crippen LogP contribution is 2.17. The zero-order valence-electron chi connectivity index (χ0n) is 9.50. The van der Waals surface area contributed by atoms with Crippen molar-refractivity contribution in [3.05, 3.63) is 16.1 Å². The van der Waals surface area contributed by atoms with E-state index in [4.69, 9.17) is 0 Å². The Morgan fingerprint density at radius 1 is 1.47 bits per heavy atom. The average molecular weight is 319 g/mol. The minimum absolute atomic E-state index is 0.461. The lowest BCUT2D eigenvalue weighted by Crippen LogP contribution is -2.19. The zero-order chi connectivity index (χ0) is 11.3. The molecule has 0 spiro atoms. The molecule has 0 radical (unpaired) electrons. The molecule has 15 heavy (non-hydrogen) atoms. The summed E-state index contributed by atoms with van der Waals surface area (Å²) in [7, 11) is 0. The van der Waals surface area contributed by atoms with E-state index in [9.17, 15) is 0 Å². The molecule has 0 saturated carbocycles. The van der Waals surface area contributed by atoms with Crippen molar-refractivity contribution >= 4 is 28.4 Å². The number of halogens is 1. The molecule has 1 heterocycles. The molecule has 0 aliphatic heterocycles. The largest absolute Gasteiger partial charge is 0.367 e. The predicted octanol–water partition coefficient (Wildman–Crippen LogP) is 3.32. The van der Waals surface area contributed by atoms with E-state index >= 15 is 0 Å². The van der Waals surface area contributed by atoms with Gasteiger partial charge in [-0.25, -0.2) is 9.97 Å². The number of nitrogens with one attached hydrogen (secondary N) is 1. The highest BCUT2D eigenvalue weighted by Gasteiger charge is 2.09. The number of rotatable bonds is 5. The Balaban J connectivity index is 2.51. The summed E-state index contributed by atoms with van der Waals surface area (Å²) in [4.78, 5) is 8.19. The summed E-state index contributed by atoms with van der Waals surface area (Å²) in [5.41, 5.74) is 0. The summed E-state index contributed by atoms with van der Waals surface area (Å²) in [6, 6.07) is 0.461. The maximum Gasteiger partial charge on any atom is 0.143 e. The smallest absolute Gasteiger partial charge is 0.143 e. The fourth-order valence-corrected chi connectivity index (χ4v) is 1.94. The van der Waals surface area contributed by atoms with Crippen LogP contribution >= 0.6 is 22.6 Å². The van der Waals surface area contributed by atoms with Crippen LogP contribution in [0, 0.1) is 9.49 Å². The van der Waals surface area contributed by atoms with Crippen LogP contribution in [0.15, 0.2) is 12.5 Å². The Kier molecular flexibility index (Phi) is 5.28. The van der Waals surface area contributed by atoms with Gasteiger partial charge < -0.3 is 5.32 Å². The van der Waals surface area contributed by atoms with Gasteiger partial charge in [-0.15, -0.1) is 0 Å². The molecule has 0 aliphatic rings. The molecule has 0 bridgehead atoms. The van der Waals surface area contributed by atoms with Gasteiger partial charge in [0, 0.05) is 12.2 Å². The SMILES string of the molecule is CCC(C)CC(C)Nc1ncncc1I. The van der Waals surface area contributed by atoms with Crippen molar-refractivity contribution in [3.63, 3.8) is 0 Å². The minimum Gasteiger partial charge on any atom is -0.367 e. The number of hydrogen-bond acceptors (Lipinski definition) is 3. The monoisotopic (exact) mass is 319 g/mol. The van der Waals surface area contributed by atoms with Crippen LogP contribution in [0.1, 0.15) is 33.6 Å². The molecule has 1 rings (SSSR count). The summed E-state index contributed by atoms with van der Waals surface area (Å²) < 4.78 is 1.08. The Hall–Kier alpha value is -0.390. The van der Waals surface area contributed by atoms with Gasteiger partial charge in [0.25, 0.3) is 0 Å². The second-order valence-electron chi connectivity index (χ2n) is 4.01. The first kappa shape index (κ1) is 12.7. The molecule has 1 N–H and O–H groups in total. The lowest BCUT2D eigenvalue weighted by atomic mass is 10.0. The number of anilines is 1. The van der Waals surface area contributed by atoms with Crippen LogP contribution in [0.4, 0.5) is 5.82 Å². The van der Waals surface area contributed by atoms with E-state index in [-0.39, 0.29) is 0 Å². The third-order valence-electron chi connectivity index (χ3n) is 2.50. The van der Waals surface area contributed by atoms with E-state index in [1.165, 1.54) is 12.8 Å². The summed E-state index contributed by atoms with van der Waals surface area (Å²) in [6.07, 6.45) is 5.82. The minimum atomic E-state index is 0.461. The Morgan fingerprint density at radius 2 is 2.20 bits per heavy atom. The Morgan fingerprint density at radius 3 is 2.80 bits per heavy atom. The van der Waals surface area contributed by atoms with Crippen molar-refractivity contribution in [2.75, 3.05) is 5.32 Å². The van der Waals surface area contributed by atoms with Crippen LogP contribution in [-0.4, -0.2) is 16.0 Å². The van der Waals surface area contributed by atoms with Gasteiger partial charge in [-0.1, -0.05) is 20.3 Å². The van der Waals surface area contributed by atoms with Gasteiger partial charge in [0.05, 0.1) is 3.57 Å². The molecule has 1 aromatic heterocycles. The third kappa shape index (κ3) is 4.32. The van der Waals surface area contributed by atoms with Gasteiger partial charge in [-0.2, -0.15) is 0 Å². The lowest BCUT2D eigenvalue weighted by molar-refractivity contribution is 0.483. The van der Waals surface area contributed by atoms with Crippen molar-refractivity contribution in [2.24, 2.45) is 5.92 Å². The Bertz CT molecular complexity index is 304. The van der Waals surface area contributed by atoms with Crippen LogP contribution in [0.2, 0.25) is 0 Å². The maximum absolute atomic E-state index is 4.22. The van der Waals surface area contributed by atoms with Crippen LogP contribution in [-0.2, 0) is 0 Å². The van der Waals surface area contributed by atoms with Crippen LogP contribution in [0.5, 0.6) is 0 Å². The first-order valence-corrected chi connectivity index (χ1v) is 6.43. The first-order chi connectivity index (χ1) is 7.13. The average Bonchev–Trinajstić information content (AvgIpc) is 2.21. The molecular formula is C11H18IN3. The number of aromatic nitrogens is 2. The molecule has 0 aromatic carbocycles. The molecular weight excluding hydrogens is 301 g/mol. The fraction of sp³-hybridized carbons (Fsp3) is 0.636. The standard InChI is InChI=1S/C11H18IN3/c1-4-8(2)5-9(3)15-11-10(12)6-13-7-14-11/h6-9H,4-5H2,1-3H3,(H,13,14,15). The van der Waals surface area contributed by atoms with Gasteiger partial charge in [-0.3, -0.25) is 0 Å². The van der Waals surface area contributed by atoms with Gasteiger partial charge >= 0.3 is 0 Å². The molecule has 4 heteroatoms. The number of nitrogens with zero attached hydrogens (tertiary/aromatic N) is 2. The summed E-state index contributed by atoms with van der Waals surface area (Å²) in [5, 5.41) is 3.42. The molecule has 0 fully saturated rings. The van der Waals surface area contributed by atoms with Crippen LogP contribution < -0.4 is 5.32 Å². The highest BCUT2D eigenvalue weighted by molar-refractivity contribution is 14.1. The van der Waals surface area contributed by atoms with E-state index in [1.807, 2.05) is 6.20 Å². The van der Waals surface area contributed by atoms with Gasteiger partial charge in [0.15, 0.2) is 0 Å². The highest BCUT2D eigenvalue weighted by atomic mass is 127. The van der Waals surface area contributed by atoms with Crippen molar-refractivity contribution in [3.8, 4) is 0 Å². The lowest BCUT2D eigenvalue weighted by Gasteiger charge is -2.18. The summed E-state index contributed by atoms with van der Waals surface area (Å²) >= 11 is 2.25. The van der Waals surface area contributed by atoms with Gasteiger partial charge in [0.2, 0.25) is 0 Å². The van der Waals surface area contributed by atoms with Gasteiger partial charge in [0.1, 0.15) is 12.1 Å². The normalized spacial score (nSPS) is 14.7. The van der Waals surface area contributed by atoms with E-state index in [0.717, 1.165) is 15.3 Å². The summed E-state index contributed by atoms with van der Waals surface area (Å²) in [6.45, 7) is 6.71. The zero-order valence-corrected chi connectivity index (χ0v) is 11.7. The van der Waals surface area contributed by atoms with Crippen molar-refractivity contribution < 1.29 is 0 Å². The number of hydrogen-bond donors (Lipinski definition) is 1. The van der Waals surface area contributed by atoms with Crippen molar-refractivity contribution in [1.29, 1.82) is 0 Å². The molecule has 84 valence electrons. The van der Waals surface area contributed by atoms with E-state index < -0.39 is 0 Å². The Labute approximate surface area is 105 Å². The molecule has 3 nitrogen and oxygen atoms in total. The topological polar surface area (TPSA) is 37.8 Å². The third-order valence-corrected chi connectivity index (χ3v) is 3.29. The van der Waals surface area contributed by atoms with Gasteiger partial charge in [-0.05, 0) is 41.9 Å². The molecule has 1 aromatic rings. The quantitative estimate of drug-likeness (QED) is 0.846. The van der Waals surface area contributed by atoms with Crippen LogP contribution in [0.25, 0.3) is 0 Å². The van der Waals surface area contributed by atoms with Crippen molar-refractivity contribution in [1.82, 2.24) is 9.97 Å². The summed E-state index contributed by atoms with van der Waals surface area (Å²) in [5.74, 6) is 1.70. The van der Waals surface area contributed by atoms with Crippen LogP contribution in [0.3, 0.4) is 0 Å². The molecule has 0 aliphatic carbocycles. The van der Waals surface area contributed by atoms with E-state index in [2.05, 4.69) is 58.6 Å². The fourth-order valence-electron chi connectivity index (χ4n) is 1.48. The molecule has 2 unspecified atom stereocenters. The predicted molar refractivity (Wildman–Crippen MR) is 71.9 cm³/mol.